The fraction of sp³-hybridized carbons (Fsp3) is 0.944. The summed E-state index contributed by atoms with van der Waals surface area (Å²) in [5.74, 6) is -0.710. The third-order valence-corrected chi connectivity index (χ3v) is 9.45. The first-order valence-electron chi connectivity index (χ1n) is 18.7. The summed E-state index contributed by atoms with van der Waals surface area (Å²) < 4.78 is 41.4. The van der Waals surface area contributed by atoms with Gasteiger partial charge in [-0.05, 0) is 19.8 Å². The number of quaternary nitrogens is 1. The van der Waals surface area contributed by atoms with Crippen LogP contribution in [0.3, 0.4) is 0 Å². The summed E-state index contributed by atoms with van der Waals surface area (Å²) in [6, 6.07) is 0. The van der Waals surface area contributed by atoms with Gasteiger partial charge in [-0.25, -0.2) is 4.57 Å². The first-order chi connectivity index (χ1) is 22.0. The van der Waals surface area contributed by atoms with Crippen LogP contribution in [0, 0.1) is 0 Å². The van der Waals surface area contributed by atoms with Crippen LogP contribution >= 0.6 is 7.82 Å². The Morgan fingerprint density at radius 3 is 1.43 bits per heavy atom. The molecule has 46 heavy (non-hydrogen) atoms. The maximum Gasteiger partial charge on any atom is 0.475 e. The number of esters is 2. The van der Waals surface area contributed by atoms with Crippen molar-refractivity contribution in [2.45, 2.75) is 168 Å². The molecule has 2 unspecified atom stereocenters. The molecule has 0 radical (unpaired) electrons. The van der Waals surface area contributed by atoms with Gasteiger partial charge in [0.2, 0.25) is 0 Å². The summed E-state index contributed by atoms with van der Waals surface area (Å²) in [5, 5.41) is 0. The number of likely N-dealkylation sites (N-methyl/N-ethyl adjacent to an activating group) is 1. The number of rotatable bonds is 34. The summed E-state index contributed by atoms with van der Waals surface area (Å²) in [7, 11) is 2.13. The van der Waals surface area contributed by atoms with E-state index in [9.17, 15) is 14.2 Å². The van der Waals surface area contributed by atoms with Gasteiger partial charge in [0.1, 0.15) is 19.8 Å². The van der Waals surface area contributed by atoms with Crippen LogP contribution in [-0.4, -0.2) is 76.6 Å². The molecule has 0 aromatic rings. The minimum atomic E-state index is -3.88. The summed E-state index contributed by atoms with van der Waals surface area (Å²) in [5.41, 5.74) is 0. The van der Waals surface area contributed by atoms with Crippen molar-refractivity contribution in [3.8, 4) is 0 Å². The van der Waals surface area contributed by atoms with Crippen molar-refractivity contribution >= 4 is 19.8 Å². The molecular formula is C36H73NO8P+. The molecule has 0 heterocycles. The number of carbonyl (C=O) groups excluding carboxylic acids is 2. The molecule has 0 amide bonds. The lowest BCUT2D eigenvalue weighted by Gasteiger charge is -2.25. The zero-order chi connectivity index (χ0) is 34.4. The van der Waals surface area contributed by atoms with Crippen LogP contribution < -0.4 is 0 Å². The highest BCUT2D eigenvalue weighted by atomic mass is 31.2. The van der Waals surface area contributed by atoms with Crippen LogP contribution in [0.5, 0.6) is 0 Å². The van der Waals surface area contributed by atoms with Gasteiger partial charge in [-0.15, -0.1) is 0 Å². The second-order valence-corrected chi connectivity index (χ2v) is 15.3. The lowest BCUT2D eigenvalue weighted by molar-refractivity contribution is -0.870. The molecule has 10 heteroatoms. The molecular weight excluding hydrogens is 605 g/mol. The third kappa shape index (κ3) is 30.4. The number of hydrogen-bond acceptors (Lipinski definition) is 8. The van der Waals surface area contributed by atoms with E-state index in [2.05, 4.69) is 13.8 Å². The van der Waals surface area contributed by atoms with Crippen molar-refractivity contribution in [2.75, 3.05) is 54.1 Å². The van der Waals surface area contributed by atoms with Crippen molar-refractivity contribution in [1.29, 1.82) is 0 Å². The number of unbranched alkanes of at least 4 members (excludes halogenated alkanes) is 18. The zero-order valence-electron chi connectivity index (χ0n) is 30.8. The lowest BCUT2D eigenvalue weighted by atomic mass is 10.1. The highest BCUT2D eigenvalue weighted by molar-refractivity contribution is 7.48. The van der Waals surface area contributed by atoms with Crippen LogP contribution in [0.25, 0.3) is 0 Å². The van der Waals surface area contributed by atoms with E-state index in [1.807, 2.05) is 21.1 Å². The van der Waals surface area contributed by atoms with E-state index in [-0.39, 0.29) is 44.8 Å². The molecule has 0 bridgehead atoms. The summed E-state index contributed by atoms with van der Waals surface area (Å²) in [4.78, 5) is 25.2. The standard InChI is InChI=1S/C36H73NO8P/c1-7-10-12-14-16-18-20-22-24-26-28-35(38)41-32-34(33-44-46(40,42-9-3)43-31-30-37(4,5)6)45-36(39)29-27-25-23-21-19-17-15-13-11-8-2/h34H,7-33H2,1-6H3/q+1. The largest absolute Gasteiger partial charge is 0.475 e. The van der Waals surface area contributed by atoms with Gasteiger partial charge in [0.15, 0.2) is 6.10 Å². The first kappa shape index (κ1) is 45.0. The van der Waals surface area contributed by atoms with Crippen LogP contribution in [0.4, 0.5) is 0 Å². The van der Waals surface area contributed by atoms with Gasteiger partial charge in [0.05, 0.1) is 34.4 Å². The van der Waals surface area contributed by atoms with Crippen LogP contribution in [0.15, 0.2) is 0 Å². The second-order valence-electron chi connectivity index (χ2n) is 13.7. The molecule has 0 fully saturated rings. The molecule has 0 saturated heterocycles. The minimum absolute atomic E-state index is 0.138. The summed E-state index contributed by atoms with van der Waals surface area (Å²) >= 11 is 0. The fourth-order valence-corrected chi connectivity index (χ4v) is 6.20. The summed E-state index contributed by atoms with van der Waals surface area (Å²) in [6.45, 7) is 6.68. The Morgan fingerprint density at radius 2 is 1.00 bits per heavy atom. The molecule has 0 rings (SSSR count). The van der Waals surface area contributed by atoms with Gasteiger partial charge in [0, 0.05) is 12.8 Å². The molecule has 0 aliphatic rings. The van der Waals surface area contributed by atoms with Crippen molar-refractivity contribution in [1.82, 2.24) is 0 Å². The molecule has 0 aliphatic carbocycles. The highest BCUT2D eigenvalue weighted by Crippen LogP contribution is 2.49. The Balaban J connectivity index is 4.69. The Morgan fingerprint density at radius 1 is 0.565 bits per heavy atom. The molecule has 9 nitrogen and oxygen atoms in total. The molecule has 274 valence electrons. The number of phosphoric acid groups is 1. The average Bonchev–Trinajstić information content (AvgIpc) is 3.00. The normalized spacial score (nSPS) is 13.8. The van der Waals surface area contributed by atoms with E-state index in [1.165, 1.54) is 89.9 Å². The Bertz CT molecular complexity index is 774. The van der Waals surface area contributed by atoms with E-state index in [0.717, 1.165) is 38.5 Å². The SMILES string of the molecule is CCCCCCCCCCCCC(=O)OCC(COP(=O)(OCC)OCC[N+](C)(C)C)OC(=O)CCCCCCCCCCCC. The van der Waals surface area contributed by atoms with E-state index in [4.69, 9.17) is 23.0 Å². The average molecular weight is 679 g/mol. The topological polar surface area (TPSA) is 97.4 Å². The monoisotopic (exact) mass is 679 g/mol. The second kappa shape index (κ2) is 30.1. The smallest absolute Gasteiger partial charge is 0.462 e. The van der Waals surface area contributed by atoms with Crippen LogP contribution in [0.2, 0.25) is 0 Å². The maximum atomic E-state index is 13.2. The number of phosphoric ester groups is 1. The Kier molecular flexibility index (Phi) is 29.4. The van der Waals surface area contributed by atoms with E-state index < -0.39 is 13.9 Å². The van der Waals surface area contributed by atoms with Crippen LogP contribution in [0.1, 0.15) is 162 Å². The minimum Gasteiger partial charge on any atom is -0.462 e. The highest BCUT2D eigenvalue weighted by Gasteiger charge is 2.30. The van der Waals surface area contributed by atoms with Gasteiger partial charge in [-0.1, -0.05) is 129 Å². The van der Waals surface area contributed by atoms with Gasteiger partial charge in [-0.3, -0.25) is 23.2 Å². The van der Waals surface area contributed by atoms with Gasteiger partial charge >= 0.3 is 19.8 Å². The lowest BCUT2D eigenvalue weighted by Crippen LogP contribution is -2.37. The predicted molar refractivity (Wildman–Crippen MR) is 188 cm³/mol. The van der Waals surface area contributed by atoms with Crippen LogP contribution in [-0.2, 0) is 37.2 Å². The third-order valence-electron chi connectivity index (χ3n) is 7.91. The van der Waals surface area contributed by atoms with Crippen molar-refractivity contribution in [3.05, 3.63) is 0 Å². The van der Waals surface area contributed by atoms with Crippen molar-refractivity contribution in [2.24, 2.45) is 0 Å². The van der Waals surface area contributed by atoms with E-state index in [0.29, 0.717) is 17.4 Å². The predicted octanol–water partition coefficient (Wildman–Crippen LogP) is 9.95. The number of nitrogens with zero attached hydrogens (tertiary/aromatic N) is 1. The molecule has 0 aliphatic heterocycles. The molecule has 0 saturated carbocycles. The van der Waals surface area contributed by atoms with Crippen molar-refractivity contribution < 1.29 is 41.7 Å². The van der Waals surface area contributed by atoms with Crippen molar-refractivity contribution in [3.63, 3.8) is 0 Å². The van der Waals surface area contributed by atoms with Gasteiger partial charge in [-0.2, -0.15) is 0 Å². The quantitative estimate of drug-likeness (QED) is 0.0287. The molecule has 0 N–H and O–H groups in total. The van der Waals surface area contributed by atoms with Gasteiger partial charge in [0.25, 0.3) is 0 Å². The maximum absolute atomic E-state index is 13.2. The number of hydrogen-bond donors (Lipinski definition) is 0. The fourth-order valence-electron chi connectivity index (χ4n) is 5.00. The Labute approximate surface area is 283 Å². The van der Waals surface area contributed by atoms with E-state index in [1.54, 1.807) is 6.92 Å². The Hall–Kier alpha value is -0.990. The molecule has 0 aromatic carbocycles. The molecule has 0 aromatic heterocycles. The summed E-state index contributed by atoms with van der Waals surface area (Å²) in [6.07, 6.45) is 23.3. The van der Waals surface area contributed by atoms with E-state index >= 15 is 0 Å². The number of ether oxygens (including phenoxy) is 2. The molecule has 2 atom stereocenters. The van der Waals surface area contributed by atoms with Gasteiger partial charge < -0.3 is 14.0 Å². The molecule has 0 spiro atoms. The number of carbonyl (C=O) groups is 2. The zero-order valence-corrected chi connectivity index (χ0v) is 31.7. The first-order valence-corrected chi connectivity index (χ1v) is 20.2.